The normalized spacial score (nSPS) is 13.9. The van der Waals surface area contributed by atoms with Crippen molar-refractivity contribution in [2.75, 3.05) is 31.3 Å². The summed E-state index contributed by atoms with van der Waals surface area (Å²) >= 11 is 4.38. The maximum atomic E-state index is 9.78. The van der Waals surface area contributed by atoms with E-state index in [2.05, 4.69) is 36.3 Å². The van der Waals surface area contributed by atoms with Crippen LogP contribution < -0.4 is 0 Å². The van der Waals surface area contributed by atoms with E-state index in [0.717, 1.165) is 6.16 Å². The Balaban J connectivity index is 4.74. The van der Waals surface area contributed by atoms with Crippen molar-refractivity contribution in [3.05, 3.63) is 0 Å². The predicted octanol–water partition coefficient (Wildman–Crippen LogP) is 7.58. The Morgan fingerprint density at radius 3 is 1.17 bits per heavy atom. The summed E-state index contributed by atoms with van der Waals surface area (Å²) in [5.41, 5.74) is 0. The van der Waals surface area contributed by atoms with Gasteiger partial charge in [0.15, 0.2) is 0 Å². The molecule has 0 unspecified atom stereocenters. The average Bonchev–Trinajstić information content (AvgIpc) is 2.54. The third-order valence-electron chi connectivity index (χ3n) is 5.37. The standard InChI is InChI=1S/C20H44BrOP/c1-4-7-10-13-17-23(21,20-16-22,18-14-11-8-5-2)19-15-12-9-6-3/h22H,4-20H2,1-3H3. The van der Waals surface area contributed by atoms with E-state index < -0.39 is 5.31 Å². The summed E-state index contributed by atoms with van der Waals surface area (Å²) < 4.78 is 0. The molecule has 0 rings (SSSR count). The summed E-state index contributed by atoms with van der Waals surface area (Å²) in [6, 6.07) is 0. The van der Waals surface area contributed by atoms with Gasteiger partial charge in [-0.1, -0.05) is 0 Å². The van der Waals surface area contributed by atoms with Crippen LogP contribution in [0.25, 0.3) is 0 Å². The molecule has 0 heterocycles. The van der Waals surface area contributed by atoms with Crippen LogP contribution in [0.5, 0.6) is 0 Å². The zero-order valence-corrected chi connectivity index (χ0v) is 18.8. The Morgan fingerprint density at radius 2 is 0.913 bits per heavy atom. The van der Waals surface area contributed by atoms with Crippen LogP contribution in [0.1, 0.15) is 97.8 Å². The van der Waals surface area contributed by atoms with Gasteiger partial charge in [-0.05, 0) is 0 Å². The van der Waals surface area contributed by atoms with E-state index in [0.29, 0.717) is 6.61 Å². The molecule has 0 amide bonds. The first-order valence-electron chi connectivity index (χ1n) is 10.4. The fourth-order valence-electron chi connectivity index (χ4n) is 3.72. The van der Waals surface area contributed by atoms with E-state index in [1.165, 1.54) is 95.5 Å². The zero-order chi connectivity index (χ0) is 17.5. The number of hydrogen-bond acceptors (Lipinski definition) is 1. The predicted molar refractivity (Wildman–Crippen MR) is 115 cm³/mol. The van der Waals surface area contributed by atoms with E-state index in [9.17, 15) is 5.11 Å². The minimum absolute atomic E-state index is 0.373. The van der Waals surface area contributed by atoms with Gasteiger partial charge in [-0.15, -0.1) is 0 Å². The van der Waals surface area contributed by atoms with Gasteiger partial charge in [-0.2, -0.15) is 0 Å². The molecular formula is C20H44BrOP. The van der Waals surface area contributed by atoms with Gasteiger partial charge in [0.1, 0.15) is 0 Å². The number of unbranched alkanes of at least 4 members (excludes halogenated alkanes) is 9. The molecule has 0 aliphatic heterocycles. The van der Waals surface area contributed by atoms with Crippen LogP contribution in [0.2, 0.25) is 0 Å². The molecule has 0 aliphatic rings. The molecule has 0 aromatic rings. The first-order valence-corrected chi connectivity index (χ1v) is 15.4. The van der Waals surface area contributed by atoms with Gasteiger partial charge in [-0.3, -0.25) is 0 Å². The average molecular weight is 411 g/mol. The van der Waals surface area contributed by atoms with Crippen LogP contribution in [0, 0.1) is 0 Å². The van der Waals surface area contributed by atoms with Crippen LogP contribution in [0.4, 0.5) is 0 Å². The summed E-state index contributed by atoms with van der Waals surface area (Å²) in [6.45, 7) is 7.24. The molecule has 0 aromatic heterocycles. The van der Waals surface area contributed by atoms with Crippen molar-refractivity contribution < 1.29 is 5.11 Å². The molecule has 0 aliphatic carbocycles. The van der Waals surface area contributed by atoms with E-state index in [1.54, 1.807) is 0 Å². The summed E-state index contributed by atoms with van der Waals surface area (Å²) in [5, 5.41) is 7.91. The maximum absolute atomic E-state index is 9.78. The Labute approximate surface area is 155 Å². The summed E-state index contributed by atoms with van der Waals surface area (Å²) in [5.74, 6) is 0. The first kappa shape index (κ1) is 23.9. The van der Waals surface area contributed by atoms with Gasteiger partial charge < -0.3 is 0 Å². The molecule has 3 heteroatoms. The molecule has 0 saturated carbocycles. The number of hydrogen-bond donors (Lipinski definition) is 1. The molecule has 0 atom stereocenters. The van der Waals surface area contributed by atoms with Gasteiger partial charge >= 0.3 is 155 Å². The van der Waals surface area contributed by atoms with Gasteiger partial charge in [0, 0.05) is 0 Å². The molecular weight excluding hydrogens is 367 g/mol. The monoisotopic (exact) mass is 410 g/mol. The van der Waals surface area contributed by atoms with E-state index >= 15 is 0 Å². The SMILES string of the molecule is CCCCCCP(Br)(CCO)(CCCCCC)CCCCCC. The summed E-state index contributed by atoms with van der Waals surface area (Å²) in [7, 11) is 0. The minimum atomic E-state index is -1.87. The van der Waals surface area contributed by atoms with Crippen LogP contribution >= 0.6 is 20.8 Å². The first-order chi connectivity index (χ1) is 11.0. The van der Waals surface area contributed by atoms with E-state index in [4.69, 9.17) is 0 Å². The van der Waals surface area contributed by atoms with Crippen molar-refractivity contribution in [1.82, 2.24) is 0 Å². The van der Waals surface area contributed by atoms with E-state index in [1.807, 2.05) is 0 Å². The van der Waals surface area contributed by atoms with Crippen molar-refractivity contribution >= 4 is 20.8 Å². The third kappa shape index (κ3) is 11.2. The van der Waals surface area contributed by atoms with Crippen molar-refractivity contribution in [2.24, 2.45) is 0 Å². The molecule has 1 N–H and O–H groups in total. The summed E-state index contributed by atoms with van der Waals surface area (Å²) in [4.78, 5) is 0. The Kier molecular flexibility index (Phi) is 14.6. The molecule has 0 fully saturated rings. The zero-order valence-electron chi connectivity index (χ0n) is 16.3. The van der Waals surface area contributed by atoms with Crippen molar-refractivity contribution in [1.29, 1.82) is 0 Å². The number of rotatable bonds is 17. The van der Waals surface area contributed by atoms with Crippen molar-refractivity contribution in [3.63, 3.8) is 0 Å². The molecule has 23 heavy (non-hydrogen) atoms. The van der Waals surface area contributed by atoms with Gasteiger partial charge in [0.25, 0.3) is 0 Å². The Bertz CT molecular complexity index is 236. The van der Waals surface area contributed by atoms with Gasteiger partial charge in [0.05, 0.1) is 0 Å². The molecule has 0 spiro atoms. The fourth-order valence-corrected chi connectivity index (χ4v) is 11.3. The van der Waals surface area contributed by atoms with Gasteiger partial charge in [-0.25, -0.2) is 0 Å². The number of aliphatic hydroxyl groups excluding tert-OH is 1. The molecule has 142 valence electrons. The summed E-state index contributed by atoms with van der Waals surface area (Å²) in [6.07, 6.45) is 21.4. The Hall–Kier alpha value is 0.870. The molecule has 1 nitrogen and oxygen atoms in total. The number of halogens is 1. The second-order valence-corrected chi connectivity index (χ2v) is 19.1. The van der Waals surface area contributed by atoms with Crippen molar-refractivity contribution in [3.8, 4) is 0 Å². The van der Waals surface area contributed by atoms with Gasteiger partial charge in [0.2, 0.25) is 0 Å². The molecule has 0 radical (unpaired) electrons. The molecule has 0 bridgehead atoms. The number of aliphatic hydroxyl groups is 1. The second kappa shape index (κ2) is 14.1. The fraction of sp³-hybridized carbons (Fsp3) is 1.00. The third-order valence-corrected chi connectivity index (χ3v) is 15.2. The van der Waals surface area contributed by atoms with Crippen LogP contribution in [0.3, 0.4) is 0 Å². The Morgan fingerprint density at radius 1 is 0.565 bits per heavy atom. The van der Waals surface area contributed by atoms with Crippen LogP contribution in [-0.4, -0.2) is 36.4 Å². The second-order valence-electron chi connectivity index (χ2n) is 7.62. The quantitative estimate of drug-likeness (QED) is 0.193. The van der Waals surface area contributed by atoms with Crippen LogP contribution in [0.15, 0.2) is 0 Å². The molecule has 0 saturated heterocycles. The van der Waals surface area contributed by atoms with E-state index in [-0.39, 0.29) is 0 Å². The van der Waals surface area contributed by atoms with Crippen LogP contribution in [-0.2, 0) is 0 Å². The molecule has 0 aromatic carbocycles. The van der Waals surface area contributed by atoms with Crippen molar-refractivity contribution in [2.45, 2.75) is 97.8 Å². The topological polar surface area (TPSA) is 20.2 Å².